The summed E-state index contributed by atoms with van der Waals surface area (Å²) >= 11 is 0. The van der Waals surface area contributed by atoms with Gasteiger partial charge in [0.15, 0.2) is 5.69 Å². The molecule has 0 atom stereocenters. The van der Waals surface area contributed by atoms with Crippen LogP contribution in [0.4, 0.5) is 0 Å². The maximum atomic E-state index is 11.7. The summed E-state index contributed by atoms with van der Waals surface area (Å²) in [4.78, 5) is 11.7. The number of carbonyl (C=O) groups is 1. The molecule has 1 heterocycles. The minimum absolute atomic E-state index is 0.237. The van der Waals surface area contributed by atoms with Crippen LogP contribution in [0.3, 0.4) is 0 Å². The number of hydrogen-bond acceptors (Lipinski definition) is 4. The van der Waals surface area contributed by atoms with Gasteiger partial charge in [-0.15, -0.1) is 5.10 Å². The molecule has 1 N–H and O–H groups in total. The standard InChI is InChI=1S/C12H14N4O2/c1-16-8-11(14-15-16)12(17)13-7-9-3-5-10(18-2)6-4-9/h3-6,8H,7H2,1-2H3,(H,13,17). The SMILES string of the molecule is COc1ccc(CNC(=O)c2cn(C)nn2)cc1. The summed E-state index contributed by atoms with van der Waals surface area (Å²) in [7, 11) is 3.33. The Morgan fingerprint density at radius 3 is 2.67 bits per heavy atom. The lowest BCUT2D eigenvalue weighted by atomic mass is 10.2. The minimum Gasteiger partial charge on any atom is -0.497 e. The Balaban J connectivity index is 1.92. The van der Waals surface area contributed by atoms with E-state index in [9.17, 15) is 4.79 Å². The maximum absolute atomic E-state index is 11.7. The summed E-state index contributed by atoms with van der Waals surface area (Å²) in [6.07, 6.45) is 1.57. The number of carbonyl (C=O) groups excluding carboxylic acids is 1. The number of rotatable bonds is 4. The highest BCUT2D eigenvalue weighted by atomic mass is 16.5. The monoisotopic (exact) mass is 246 g/mol. The molecule has 0 saturated carbocycles. The summed E-state index contributed by atoms with van der Waals surface area (Å²) in [5.41, 5.74) is 1.30. The van der Waals surface area contributed by atoms with Crippen LogP contribution in [0.2, 0.25) is 0 Å². The van der Waals surface area contributed by atoms with Crippen LogP contribution in [0.25, 0.3) is 0 Å². The van der Waals surface area contributed by atoms with Crippen molar-refractivity contribution >= 4 is 5.91 Å². The molecule has 0 fully saturated rings. The number of hydrogen-bond donors (Lipinski definition) is 1. The van der Waals surface area contributed by atoms with Gasteiger partial charge in [0, 0.05) is 13.6 Å². The zero-order valence-electron chi connectivity index (χ0n) is 10.3. The molecule has 0 saturated heterocycles. The zero-order chi connectivity index (χ0) is 13.0. The fraction of sp³-hybridized carbons (Fsp3) is 0.250. The van der Waals surface area contributed by atoms with Gasteiger partial charge in [-0.2, -0.15) is 0 Å². The highest BCUT2D eigenvalue weighted by Crippen LogP contribution is 2.10. The summed E-state index contributed by atoms with van der Waals surface area (Å²) in [6, 6.07) is 7.50. The number of nitrogens with one attached hydrogen (secondary N) is 1. The molecule has 2 rings (SSSR count). The average molecular weight is 246 g/mol. The van der Waals surface area contributed by atoms with Crippen LogP contribution < -0.4 is 10.1 Å². The normalized spacial score (nSPS) is 10.1. The Kier molecular flexibility index (Phi) is 3.57. The van der Waals surface area contributed by atoms with Crippen LogP contribution in [0.5, 0.6) is 5.75 Å². The molecule has 0 spiro atoms. The van der Waals surface area contributed by atoms with Crippen LogP contribution in [0.15, 0.2) is 30.5 Å². The Morgan fingerprint density at radius 1 is 1.39 bits per heavy atom. The molecule has 94 valence electrons. The molecule has 0 unspecified atom stereocenters. The van der Waals surface area contributed by atoms with E-state index in [0.29, 0.717) is 12.2 Å². The second-order valence-electron chi connectivity index (χ2n) is 3.81. The molecular formula is C12H14N4O2. The second kappa shape index (κ2) is 5.31. The summed E-state index contributed by atoms with van der Waals surface area (Å²) < 4.78 is 6.55. The molecule has 1 aromatic heterocycles. The van der Waals surface area contributed by atoms with Crippen molar-refractivity contribution in [3.05, 3.63) is 41.7 Å². The van der Waals surface area contributed by atoms with E-state index in [1.54, 1.807) is 20.4 Å². The number of benzene rings is 1. The first kappa shape index (κ1) is 12.1. The first-order valence-corrected chi connectivity index (χ1v) is 5.46. The van der Waals surface area contributed by atoms with Crippen molar-refractivity contribution in [1.29, 1.82) is 0 Å². The fourth-order valence-electron chi connectivity index (χ4n) is 1.47. The third kappa shape index (κ3) is 2.85. The number of ether oxygens (including phenoxy) is 1. The third-order valence-corrected chi connectivity index (χ3v) is 2.45. The van der Waals surface area contributed by atoms with Crippen LogP contribution in [-0.4, -0.2) is 28.0 Å². The molecule has 0 radical (unpaired) electrons. The zero-order valence-corrected chi connectivity index (χ0v) is 10.3. The number of methoxy groups -OCH3 is 1. The predicted octanol–water partition coefficient (Wildman–Crippen LogP) is 0.754. The molecule has 0 aliphatic rings. The molecule has 18 heavy (non-hydrogen) atoms. The van der Waals surface area contributed by atoms with Crippen molar-refractivity contribution in [2.45, 2.75) is 6.54 Å². The van der Waals surface area contributed by atoms with Gasteiger partial charge in [0.05, 0.1) is 13.3 Å². The van der Waals surface area contributed by atoms with Crippen molar-refractivity contribution in [3.8, 4) is 5.75 Å². The largest absolute Gasteiger partial charge is 0.497 e. The summed E-state index contributed by atoms with van der Waals surface area (Å²) in [5, 5.41) is 10.2. The lowest BCUT2D eigenvalue weighted by Crippen LogP contribution is -2.23. The van der Waals surface area contributed by atoms with Gasteiger partial charge in [-0.05, 0) is 17.7 Å². The predicted molar refractivity (Wildman–Crippen MR) is 65.2 cm³/mol. The van der Waals surface area contributed by atoms with Crippen LogP contribution in [-0.2, 0) is 13.6 Å². The van der Waals surface area contributed by atoms with Gasteiger partial charge in [0.1, 0.15) is 5.75 Å². The molecule has 2 aromatic rings. The Hall–Kier alpha value is -2.37. The van der Waals surface area contributed by atoms with Crippen molar-refractivity contribution in [1.82, 2.24) is 20.3 Å². The van der Waals surface area contributed by atoms with Gasteiger partial charge in [-0.3, -0.25) is 9.48 Å². The second-order valence-corrected chi connectivity index (χ2v) is 3.81. The van der Waals surface area contributed by atoms with Gasteiger partial charge < -0.3 is 10.1 Å². The van der Waals surface area contributed by atoms with E-state index in [1.165, 1.54) is 4.68 Å². The first-order valence-electron chi connectivity index (χ1n) is 5.46. The molecule has 6 heteroatoms. The van der Waals surface area contributed by atoms with Crippen LogP contribution >= 0.6 is 0 Å². The van der Waals surface area contributed by atoms with Crippen molar-refractivity contribution in [3.63, 3.8) is 0 Å². The lowest BCUT2D eigenvalue weighted by molar-refractivity contribution is 0.0946. The Labute approximate surface area is 105 Å². The Morgan fingerprint density at radius 2 is 2.11 bits per heavy atom. The highest BCUT2D eigenvalue weighted by Gasteiger charge is 2.08. The van der Waals surface area contributed by atoms with Gasteiger partial charge >= 0.3 is 0 Å². The van der Waals surface area contributed by atoms with E-state index in [2.05, 4.69) is 15.6 Å². The molecule has 0 aliphatic heterocycles. The van der Waals surface area contributed by atoms with Crippen LogP contribution in [0.1, 0.15) is 16.1 Å². The minimum atomic E-state index is -0.237. The van der Waals surface area contributed by atoms with E-state index in [0.717, 1.165) is 11.3 Å². The topological polar surface area (TPSA) is 69.0 Å². The van der Waals surface area contributed by atoms with E-state index >= 15 is 0 Å². The molecule has 0 bridgehead atoms. The molecular weight excluding hydrogens is 232 g/mol. The molecule has 1 aromatic carbocycles. The fourth-order valence-corrected chi connectivity index (χ4v) is 1.47. The quantitative estimate of drug-likeness (QED) is 0.864. The lowest BCUT2D eigenvalue weighted by Gasteiger charge is -2.04. The molecule has 0 aliphatic carbocycles. The number of aryl methyl sites for hydroxylation is 1. The number of nitrogens with zero attached hydrogens (tertiary/aromatic N) is 3. The summed E-state index contributed by atoms with van der Waals surface area (Å²) in [6.45, 7) is 0.444. The maximum Gasteiger partial charge on any atom is 0.273 e. The summed E-state index contributed by atoms with van der Waals surface area (Å²) in [5.74, 6) is 0.554. The van der Waals surface area contributed by atoms with E-state index < -0.39 is 0 Å². The van der Waals surface area contributed by atoms with Crippen molar-refractivity contribution in [2.24, 2.45) is 7.05 Å². The van der Waals surface area contributed by atoms with Gasteiger partial charge in [-0.25, -0.2) is 0 Å². The number of aromatic nitrogens is 3. The van der Waals surface area contributed by atoms with Crippen molar-refractivity contribution in [2.75, 3.05) is 7.11 Å². The van der Waals surface area contributed by atoms with E-state index in [4.69, 9.17) is 4.74 Å². The molecule has 1 amide bonds. The van der Waals surface area contributed by atoms with Crippen LogP contribution in [0, 0.1) is 0 Å². The third-order valence-electron chi connectivity index (χ3n) is 2.45. The van der Waals surface area contributed by atoms with E-state index in [1.807, 2.05) is 24.3 Å². The highest BCUT2D eigenvalue weighted by molar-refractivity contribution is 5.91. The van der Waals surface area contributed by atoms with Gasteiger partial charge in [0.25, 0.3) is 5.91 Å². The van der Waals surface area contributed by atoms with Gasteiger partial charge in [0.2, 0.25) is 0 Å². The first-order chi connectivity index (χ1) is 8.69. The Bertz CT molecular complexity index is 533. The average Bonchev–Trinajstić information content (AvgIpc) is 2.83. The number of amides is 1. The van der Waals surface area contributed by atoms with Gasteiger partial charge in [-0.1, -0.05) is 17.3 Å². The smallest absolute Gasteiger partial charge is 0.273 e. The van der Waals surface area contributed by atoms with E-state index in [-0.39, 0.29) is 5.91 Å². The van der Waals surface area contributed by atoms with Crippen molar-refractivity contribution < 1.29 is 9.53 Å². The molecule has 6 nitrogen and oxygen atoms in total.